The van der Waals surface area contributed by atoms with Gasteiger partial charge in [0.2, 0.25) is 5.91 Å². The monoisotopic (exact) mass is 411 g/mol. The molecule has 1 aromatic heterocycles. The van der Waals surface area contributed by atoms with Gasteiger partial charge in [0.15, 0.2) is 0 Å². The van der Waals surface area contributed by atoms with Gasteiger partial charge >= 0.3 is 0 Å². The zero-order valence-corrected chi connectivity index (χ0v) is 19.2. The van der Waals surface area contributed by atoms with Crippen molar-refractivity contribution in [2.75, 3.05) is 6.54 Å². The van der Waals surface area contributed by atoms with E-state index in [9.17, 15) is 4.79 Å². The molecule has 1 aliphatic carbocycles. The molecule has 1 N–H and O–H groups in total. The summed E-state index contributed by atoms with van der Waals surface area (Å²) in [4.78, 5) is 17.0. The largest absolute Gasteiger partial charge is 0.356 e. The first-order valence-corrected chi connectivity index (χ1v) is 12.4. The lowest BCUT2D eigenvalue weighted by Gasteiger charge is -2.22. The van der Waals surface area contributed by atoms with Gasteiger partial charge in [-0.05, 0) is 50.2 Å². The zero-order valence-electron chi connectivity index (χ0n) is 19.2. The number of para-hydroxylation sites is 2. The molecule has 0 spiro atoms. The molecule has 0 saturated heterocycles. The summed E-state index contributed by atoms with van der Waals surface area (Å²) in [5, 5.41) is 3.11. The quantitative estimate of drug-likeness (QED) is 0.418. The van der Waals surface area contributed by atoms with Crippen LogP contribution in [0, 0.1) is 11.8 Å². The minimum absolute atomic E-state index is 0.175. The first kappa shape index (κ1) is 22.8. The number of hydrogen-bond acceptors (Lipinski definition) is 2. The summed E-state index contributed by atoms with van der Waals surface area (Å²) in [6.45, 7) is 6.08. The van der Waals surface area contributed by atoms with Crippen LogP contribution in [-0.4, -0.2) is 22.0 Å². The molecule has 0 aliphatic heterocycles. The third-order valence-electron chi connectivity index (χ3n) is 6.95. The van der Waals surface area contributed by atoms with Crippen LogP contribution in [0.15, 0.2) is 24.3 Å². The predicted octanol–water partition coefficient (Wildman–Crippen LogP) is 6.27. The van der Waals surface area contributed by atoms with Crippen molar-refractivity contribution in [2.45, 2.75) is 97.4 Å². The van der Waals surface area contributed by atoms with E-state index >= 15 is 0 Å². The van der Waals surface area contributed by atoms with Crippen LogP contribution in [0.4, 0.5) is 0 Å². The first-order valence-electron chi connectivity index (χ1n) is 12.4. The van der Waals surface area contributed by atoms with Crippen molar-refractivity contribution in [2.24, 2.45) is 11.8 Å². The number of nitrogens with one attached hydrogen (secondary N) is 1. The highest BCUT2D eigenvalue weighted by Crippen LogP contribution is 2.28. The molecule has 1 fully saturated rings. The maximum absolute atomic E-state index is 12.1. The fraction of sp³-hybridized carbons (Fsp3) is 0.692. The Morgan fingerprint density at radius 3 is 2.63 bits per heavy atom. The van der Waals surface area contributed by atoms with E-state index in [4.69, 9.17) is 4.98 Å². The van der Waals surface area contributed by atoms with Crippen LogP contribution in [0.3, 0.4) is 0 Å². The van der Waals surface area contributed by atoms with Crippen molar-refractivity contribution in [3.8, 4) is 0 Å². The van der Waals surface area contributed by atoms with E-state index in [1.165, 1.54) is 49.9 Å². The second-order valence-electron chi connectivity index (χ2n) is 9.08. The molecule has 1 heterocycles. The second kappa shape index (κ2) is 12.1. The highest BCUT2D eigenvalue weighted by atomic mass is 16.1. The number of carbonyl (C=O) groups is 1. The summed E-state index contributed by atoms with van der Waals surface area (Å²) in [6, 6.07) is 8.59. The molecule has 0 radical (unpaired) electrons. The molecule has 166 valence electrons. The Hall–Kier alpha value is -1.84. The van der Waals surface area contributed by atoms with Crippen LogP contribution in [0.25, 0.3) is 11.0 Å². The molecule has 0 bridgehead atoms. The third-order valence-corrected chi connectivity index (χ3v) is 6.95. The van der Waals surface area contributed by atoms with Crippen LogP contribution in [0.1, 0.15) is 90.3 Å². The van der Waals surface area contributed by atoms with E-state index in [-0.39, 0.29) is 11.8 Å². The van der Waals surface area contributed by atoms with Gasteiger partial charge in [-0.3, -0.25) is 4.79 Å². The van der Waals surface area contributed by atoms with Crippen molar-refractivity contribution in [3.63, 3.8) is 0 Å². The van der Waals surface area contributed by atoms with Gasteiger partial charge < -0.3 is 9.88 Å². The van der Waals surface area contributed by atoms with E-state index in [2.05, 4.69) is 48.0 Å². The smallest absolute Gasteiger partial charge is 0.223 e. The molecule has 1 amide bonds. The lowest BCUT2D eigenvalue weighted by Crippen LogP contribution is -2.30. The number of unbranched alkanes of at least 4 members (excludes halogenated alkanes) is 2. The summed E-state index contributed by atoms with van der Waals surface area (Å²) in [7, 11) is 0. The number of aromatic nitrogens is 2. The molecule has 0 unspecified atom stereocenters. The van der Waals surface area contributed by atoms with Gasteiger partial charge in [-0.2, -0.15) is 0 Å². The minimum atomic E-state index is 0.175. The number of benzene rings is 1. The molecule has 3 rings (SSSR count). The normalized spacial score (nSPS) is 15.2. The lowest BCUT2D eigenvalue weighted by molar-refractivity contribution is -0.125. The molecule has 1 saturated carbocycles. The number of fused-ring (bicyclic) bond motifs is 1. The van der Waals surface area contributed by atoms with Gasteiger partial charge in [0.1, 0.15) is 5.82 Å². The molecule has 4 heteroatoms. The van der Waals surface area contributed by atoms with Crippen LogP contribution >= 0.6 is 0 Å². The van der Waals surface area contributed by atoms with Crippen molar-refractivity contribution in [1.82, 2.24) is 14.9 Å². The van der Waals surface area contributed by atoms with Gasteiger partial charge in [0.25, 0.3) is 0 Å². The summed E-state index contributed by atoms with van der Waals surface area (Å²) < 4.78 is 2.48. The third kappa shape index (κ3) is 6.33. The second-order valence-corrected chi connectivity index (χ2v) is 9.08. The molecule has 1 aromatic carbocycles. The number of hydrogen-bond donors (Lipinski definition) is 1. The topological polar surface area (TPSA) is 46.9 Å². The maximum Gasteiger partial charge on any atom is 0.223 e. The van der Waals surface area contributed by atoms with Gasteiger partial charge in [-0.15, -0.1) is 0 Å². The number of rotatable bonds is 12. The fourth-order valence-corrected chi connectivity index (χ4v) is 4.95. The van der Waals surface area contributed by atoms with Crippen molar-refractivity contribution < 1.29 is 4.79 Å². The van der Waals surface area contributed by atoms with Crippen LogP contribution < -0.4 is 5.32 Å². The minimum Gasteiger partial charge on any atom is -0.356 e. The Balaban J connectivity index is 1.48. The number of nitrogens with zero attached hydrogens (tertiary/aromatic N) is 2. The lowest BCUT2D eigenvalue weighted by atomic mass is 9.87. The maximum atomic E-state index is 12.1. The van der Waals surface area contributed by atoms with Gasteiger partial charge in [0.05, 0.1) is 11.0 Å². The standard InChI is InChI=1S/C26H41N3O/c1-3-22(4-2)26(30)27-19-12-6-9-17-25-28-23-15-10-11-16-24(23)29(25)20-18-21-13-7-5-8-14-21/h10-11,15-16,21-22H,3-9,12-14,17-20H2,1-2H3,(H,27,30). The average molecular weight is 412 g/mol. The van der Waals surface area contributed by atoms with Crippen molar-refractivity contribution in [3.05, 3.63) is 30.1 Å². The Morgan fingerprint density at radius 1 is 1.10 bits per heavy atom. The molecular formula is C26H41N3O. The SMILES string of the molecule is CCC(CC)C(=O)NCCCCCc1nc2ccccc2n1CCC1CCCCC1. The zero-order chi connectivity index (χ0) is 21.2. The molecule has 4 nitrogen and oxygen atoms in total. The number of amides is 1. The summed E-state index contributed by atoms with van der Waals surface area (Å²) >= 11 is 0. The average Bonchev–Trinajstić information content (AvgIpc) is 3.13. The molecule has 0 atom stereocenters. The molecule has 2 aromatic rings. The van der Waals surface area contributed by atoms with Crippen LogP contribution in [0.5, 0.6) is 0 Å². The van der Waals surface area contributed by atoms with E-state index < -0.39 is 0 Å². The summed E-state index contributed by atoms with van der Waals surface area (Å²) in [5.41, 5.74) is 2.43. The number of aryl methyl sites for hydroxylation is 2. The summed E-state index contributed by atoms with van der Waals surface area (Å²) in [6.07, 6.45) is 14.6. The Labute approximate surface area is 182 Å². The Bertz CT molecular complexity index is 772. The van der Waals surface area contributed by atoms with Crippen molar-refractivity contribution >= 4 is 16.9 Å². The number of imidazole rings is 1. The number of carbonyl (C=O) groups excluding carboxylic acids is 1. The van der Waals surface area contributed by atoms with E-state index in [0.29, 0.717) is 0 Å². The molecule has 30 heavy (non-hydrogen) atoms. The molecule has 1 aliphatic rings. The van der Waals surface area contributed by atoms with Gasteiger partial charge in [-0.1, -0.05) is 64.5 Å². The van der Waals surface area contributed by atoms with Crippen LogP contribution in [-0.2, 0) is 17.8 Å². The molecular weight excluding hydrogens is 370 g/mol. The Kier molecular flexibility index (Phi) is 9.23. The van der Waals surface area contributed by atoms with E-state index in [1.54, 1.807) is 0 Å². The van der Waals surface area contributed by atoms with E-state index in [0.717, 1.165) is 63.0 Å². The Morgan fingerprint density at radius 2 is 1.87 bits per heavy atom. The van der Waals surface area contributed by atoms with E-state index in [1.807, 2.05) is 0 Å². The highest BCUT2D eigenvalue weighted by Gasteiger charge is 2.16. The predicted molar refractivity (Wildman–Crippen MR) is 126 cm³/mol. The highest BCUT2D eigenvalue weighted by molar-refractivity contribution is 5.78. The fourth-order valence-electron chi connectivity index (χ4n) is 4.95. The van der Waals surface area contributed by atoms with Gasteiger partial charge in [-0.25, -0.2) is 4.98 Å². The van der Waals surface area contributed by atoms with Crippen molar-refractivity contribution in [1.29, 1.82) is 0 Å². The van der Waals surface area contributed by atoms with Gasteiger partial charge in [0, 0.05) is 25.4 Å². The summed E-state index contributed by atoms with van der Waals surface area (Å²) in [5.74, 6) is 2.54. The van der Waals surface area contributed by atoms with Crippen LogP contribution in [0.2, 0.25) is 0 Å². The first-order chi connectivity index (χ1) is 14.7.